The van der Waals surface area contributed by atoms with Gasteiger partial charge in [-0.25, -0.2) is 14.1 Å². The van der Waals surface area contributed by atoms with E-state index in [-0.39, 0.29) is 35.0 Å². The van der Waals surface area contributed by atoms with Crippen molar-refractivity contribution in [3.63, 3.8) is 0 Å². The summed E-state index contributed by atoms with van der Waals surface area (Å²) < 4.78 is 53.1. The van der Waals surface area contributed by atoms with Crippen molar-refractivity contribution in [3.05, 3.63) is 42.0 Å². The predicted octanol–water partition coefficient (Wildman–Crippen LogP) is 2.33. The first-order valence-corrected chi connectivity index (χ1v) is 7.78. The van der Waals surface area contributed by atoms with Crippen LogP contribution in [-0.4, -0.2) is 44.1 Å². The van der Waals surface area contributed by atoms with Crippen LogP contribution >= 0.6 is 0 Å². The van der Waals surface area contributed by atoms with Crippen LogP contribution in [0.2, 0.25) is 0 Å². The van der Waals surface area contributed by atoms with Gasteiger partial charge in [-0.1, -0.05) is 12.1 Å². The molecule has 27 heavy (non-hydrogen) atoms. The molecule has 0 radical (unpaired) electrons. The first kappa shape index (κ1) is 18.5. The highest BCUT2D eigenvalue weighted by Gasteiger charge is 2.31. The average molecular weight is 382 g/mol. The van der Waals surface area contributed by atoms with Gasteiger partial charge in [0.25, 0.3) is 0 Å². The summed E-state index contributed by atoms with van der Waals surface area (Å²) in [7, 11) is 1.39. The number of rotatable bonds is 5. The topological polar surface area (TPSA) is 88.5 Å². The molecule has 0 spiro atoms. The van der Waals surface area contributed by atoms with Gasteiger partial charge in [0.15, 0.2) is 11.6 Å². The standard InChI is InChI=1S/C16H14F4N6O/c1-21-14(27)7-13-22-15(26(25-13)8-16(18,19)20)12-6-11(23-24-12)9-4-2-3-5-10(9)17/h2-6H,7-8H2,1H3,(H,21,27)(H,23,24). The molecule has 7 nitrogen and oxygen atoms in total. The molecule has 0 aliphatic carbocycles. The molecule has 3 aromatic rings. The molecule has 11 heteroatoms. The van der Waals surface area contributed by atoms with E-state index in [1.165, 1.54) is 31.3 Å². The van der Waals surface area contributed by atoms with E-state index in [2.05, 4.69) is 25.6 Å². The SMILES string of the molecule is CNC(=O)Cc1nc(-c2cc(-c3ccccc3F)n[nH]2)n(CC(F)(F)F)n1. The molecule has 0 aliphatic heterocycles. The van der Waals surface area contributed by atoms with Crippen LogP contribution in [0, 0.1) is 5.82 Å². The molecule has 0 unspecified atom stereocenters. The fourth-order valence-corrected chi connectivity index (χ4v) is 2.42. The minimum Gasteiger partial charge on any atom is -0.359 e. The number of H-pyrrole nitrogens is 1. The van der Waals surface area contributed by atoms with Gasteiger partial charge in [0.05, 0.1) is 12.1 Å². The second-order valence-electron chi connectivity index (χ2n) is 5.62. The molecular formula is C16H14F4N6O. The zero-order valence-electron chi connectivity index (χ0n) is 14.0. The number of amides is 1. The average Bonchev–Trinajstić information content (AvgIpc) is 3.20. The smallest absolute Gasteiger partial charge is 0.359 e. The van der Waals surface area contributed by atoms with E-state index in [1.807, 2.05) is 0 Å². The van der Waals surface area contributed by atoms with Crippen LogP contribution < -0.4 is 5.32 Å². The molecule has 142 valence electrons. The van der Waals surface area contributed by atoms with Gasteiger partial charge >= 0.3 is 6.18 Å². The predicted molar refractivity (Wildman–Crippen MR) is 86.8 cm³/mol. The van der Waals surface area contributed by atoms with E-state index < -0.39 is 24.4 Å². The Morgan fingerprint density at radius 1 is 1.30 bits per heavy atom. The second kappa shape index (κ2) is 7.17. The highest BCUT2D eigenvalue weighted by Crippen LogP contribution is 2.26. The molecule has 0 aliphatic rings. The van der Waals surface area contributed by atoms with E-state index in [4.69, 9.17) is 0 Å². The lowest BCUT2D eigenvalue weighted by Crippen LogP contribution is -2.21. The third-order valence-electron chi connectivity index (χ3n) is 3.61. The lowest BCUT2D eigenvalue weighted by atomic mass is 10.1. The van der Waals surface area contributed by atoms with Gasteiger partial charge in [-0.2, -0.15) is 23.4 Å². The van der Waals surface area contributed by atoms with Crippen molar-refractivity contribution in [2.24, 2.45) is 0 Å². The monoisotopic (exact) mass is 382 g/mol. The van der Waals surface area contributed by atoms with Crippen molar-refractivity contribution >= 4 is 5.91 Å². The summed E-state index contributed by atoms with van der Waals surface area (Å²) in [5, 5.41) is 12.6. The van der Waals surface area contributed by atoms with E-state index in [0.717, 1.165) is 0 Å². The van der Waals surface area contributed by atoms with Gasteiger partial charge in [0.2, 0.25) is 5.91 Å². The number of carbonyl (C=O) groups excluding carboxylic acids is 1. The Hall–Kier alpha value is -3.24. The fraction of sp³-hybridized carbons (Fsp3) is 0.250. The largest absolute Gasteiger partial charge is 0.408 e. The first-order valence-electron chi connectivity index (χ1n) is 7.78. The normalized spacial score (nSPS) is 11.6. The maximum Gasteiger partial charge on any atom is 0.408 e. The third-order valence-corrected chi connectivity index (χ3v) is 3.61. The van der Waals surface area contributed by atoms with Crippen molar-refractivity contribution in [2.45, 2.75) is 19.1 Å². The molecule has 0 atom stereocenters. The summed E-state index contributed by atoms with van der Waals surface area (Å²) in [6.07, 6.45) is -4.82. The Kier molecular flexibility index (Phi) is 4.93. The van der Waals surface area contributed by atoms with Crippen molar-refractivity contribution in [2.75, 3.05) is 7.05 Å². The van der Waals surface area contributed by atoms with Crippen LogP contribution in [0.25, 0.3) is 22.8 Å². The van der Waals surface area contributed by atoms with Gasteiger partial charge in [-0.3, -0.25) is 9.89 Å². The van der Waals surface area contributed by atoms with Gasteiger partial charge in [0, 0.05) is 12.6 Å². The molecule has 3 rings (SSSR count). The molecule has 2 heterocycles. The number of halogens is 4. The van der Waals surface area contributed by atoms with E-state index >= 15 is 0 Å². The number of hydrogen-bond donors (Lipinski definition) is 2. The van der Waals surface area contributed by atoms with Crippen LogP contribution in [0.15, 0.2) is 30.3 Å². The molecular weight excluding hydrogens is 368 g/mol. The quantitative estimate of drug-likeness (QED) is 0.663. The number of nitrogens with one attached hydrogen (secondary N) is 2. The number of alkyl halides is 3. The molecule has 1 amide bonds. The molecule has 2 aromatic heterocycles. The molecule has 0 fully saturated rings. The summed E-state index contributed by atoms with van der Waals surface area (Å²) in [5.41, 5.74) is 0.512. The highest BCUT2D eigenvalue weighted by atomic mass is 19.4. The van der Waals surface area contributed by atoms with Crippen LogP contribution in [0.1, 0.15) is 5.82 Å². The maximum atomic E-state index is 13.9. The summed E-state index contributed by atoms with van der Waals surface area (Å²) in [6, 6.07) is 7.24. The lowest BCUT2D eigenvalue weighted by Gasteiger charge is -2.07. The van der Waals surface area contributed by atoms with Crippen molar-refractivity contribution in [1.82, 2.24) is 30.3 Å². The molecule has 2 N–H and O–H groups in total. The number of aromatic amines is 1. The first-order chi connectivity index (χ1) is 12.8. The lowest BCUT2D eigenvalue weighted by molar-refractivity contribution is -0.142. The maximum absolute atomic E-state index is 13.9. The molecule has 0 bridgehead atoms. The Morgan fingerprint density at radius 2 is 2.04 bits per heavy atom. The summed E-state index contributed by atoms with van der Waals surface area (Å²) in [4.78, 5) is 15.5. The van der Waals surface area contributed by atoms with Gasteiger partial charge in [0.1, 0.15) is 18.1 Å². The zero-order valence-corrected chi connectivity index (χ0v) is 14.0. The Bertz CT molecular complexity index is 962. The number of likely N-dealkylation sites (N-methyl/N-ethyl adjacent to an activating group) is 1. The van der Waals surface area contributed by atoms with Gasteiger partial charge in [-0.05, 0) is 18.2 Å². The van der Waals surface area contributed by atoms with Crippen LogP contribution in [-0.2, 0) is 17.8 Å². The van der Waals surface area contributed by atoms with Crippen LogP contribution in [0.3, 0.4) is 0 Å². The van der Waals surface area contributed by atoms with Crippen molar-refractivity contribution in [1.29, 1.82) is 0 Å². The summed E-state index contributed by atoms with van der Waals surface area (Å²) in [5.74, 6) is -1.19. The van der Waals surface area contributed by atoms with E-state index in [9.17, 15) is 22.4 Å². The Morgan fingerprint density at radius 3 is 2.70 bits per heavy atom. The van der Waals surface area contributed by atoms with Crippen LogP contribution in [0.5, 0.6) is 0 Å². The zero-order chi connectivity index (χ0) is 19.6. The number of carbonyl (C=O) groups is 1. The molecule has 1 aromatic carbocycles. The number of nitrogens with zero attached hydrogens (tertiary/aromatic N) is 4. The Balaban J connectivity index is 2.00. The molecule has 0 saturated heterocycles. The highest BCUT2D eigenvalue weighted by molar-refractivity contribution is 5.77. The van der Waals surface area contributed by atoms with Crippen molar-refractivity contribution < 1.29 is 22.4 Å². The summed E-state index contributed by atoms with van der Waals surface area (Å²) in [6.45, 7) is -1.39. The minimum atomic E-state index is -4.54. The van der Waals surface area contributed by atoms with Crippen molar-refractivity contribution in [3.8, 4) is 22.8 Å². The Labute approximate surface area is 150 Å². The fourth-order valence-electron chi connectivity index (χ4n) is 2.42. The van der Waals surface area contributed by atoms with Gasteiger partial charge in [-0.15, -0.1) is 0 Å². The summed E-state index contributed by atoms with van der Waals surface area (Å²) >= 11 is 0. The number of hydrogen-bond acceptors (Lipinski definition) is 4. The molecule has 0 saturated carbocycles. The van der Waals surface area contributed by atoms with Gasteiger partial charge < -0.3 is 5.32 Å². The second-order valence-corrected chi connectivity index (χ2v) is 5.62. The minimum absolute atomic E-state index is 0.0735. The third kappa shape index (κ3) is 4.30. The van der Waals surface area contributed by atoms with E-state index in [0.29, 0.717) is 4.68 Å². The van der Waals surface area contributed by atoms with E-state index in [1.54, 1.807) is 6.07 Å². The number of benzene rings is 1. The number of aromatic nitrogens is 5. The van der Waals surface area contributed by atoms with Crippen LogP contribution in [0.4, 0.5) is 17.6 Å².